The highest BCUT2D eigenvalue weighted by Gasteiger charge is 2.65. The van der Waals surface area contributed by atoms with Gasteiger partial charge in [-0.3, -0.25) is 4.79 Å². The van der Waals surface area contributed by atoms with E-state index in [0.29, 0.717) is 17.3 Å². The summed E-state index contributed by atoms with van der Waals surface area (Å²) in [6, 6.07) is 10.6. The van der Waals surface area contributed by atoms with Gasteiger partial charge in [-0.2, -0.15) is 0 Å². The number of epoxide rings is 1. The van der Waals surface area contributed by atoms with Gasteiger partial charge in [-0.25, -0.2) is 0 Å². The van der Waals surface area contributed by atoms with E-state index in [2.05, 4.69) is 42.6 Å². The Morgan fingerprint density at radius 3 is 2.81 bits per heavy atom. The summed E-state index contributed by atoms with van der Waals surface area (Å²) in [7, 11) is 0. The molecule has 2 heterocycles. The standard InChI is InChI=1S/C23H31NO3/c1-22-9-5-10-23(15-26-23)20(22)12-17-18(21(25)27-19(17)13-22)14-24-11-8-16-6-3-2-4-7-16/h2-4,6-7,17-20,24H,5,8-15H2,1H3/p+1/t17-,18-,19-,20+,22-,23+/m1/s1. The third-order valence-corrected chi connectivity index (χ3v) is 7.98. The first-order chi connectivity index (χ1) is 13.1. The molecule has 4 fully saturated rings. The van der Waals surface area contributed by atoms with Crippen molar-refractivity contribution in [2.45, 2.75) is 57.2 Å². The largest absolute Gasteiger partial charge is 0.462 e. The number of fused-ring (bicyclic) bond motifs is 3. The lowest BCUT2D eigenvalue weighted by Crippen LogP contribution is -2.86. The SMILES string of the molecule is C[C@]12CCC[C@]3(CO3)[C@H]1C[C@H]1[C@@H](C2)OC(=O)[C@@H]1C[NH2+]CCc1ccccc1. The molecule has 0 bridgehead atoms. The second-order valence-corrected chi connectivity index (χ2v) is 9.65. The molecule has 0 aromatic heterocycles. The van der Waals surface area contributed by atoms with E-state index in [0.717, 1.165) is 39.0 Å². The number of hydrogen-bond donors (Lipinski definition) is 1. The average molecular weight is 371 g/mol. The fraction of sp³-hybridized carbons (Fsp3) is 0.696. The van der Waals surface area contributed by atoms with Gasteiger partial charge in [0, 0.05) is 12.3 Å². The number of hydrogen-bond acceptors (Lipinski definition) is 3. The number of quaternary nitrogens is 1. The molecule has 27 heavy (non-hydrogen) atoms. The van der Waals surface area contributed by atoms with Crippen LogP contribution in [0.5, 0.6) is 0 Å². The first-order valence-corrected chi connectivity index (χ1v) is 10.8. The zero-order chi connectivity index (χ0) is 18.5. The highest BCUT2D eigenvalue weighted by Crippen LogP contribution is 2.62. The lowest BCUT2D eigenvalue weighted by molar-refractivity contribution is -0.658. The summed E-state index contributed by atoms with van der Waals surface area (Å²) in [5.41, 5.74) is 1.80. The Bertz CT molecular complexity index is 701. The first-order valence-electron chi connectivity index (χ1n) is 10.8. The van der Waals surface area contributed by atoms with Crippen molar-refractivity contribution in [2.24, 2.45) is 23.2 Å². The van der Waals surface area contributed by atoms with Crippen LogP contribution in [0.3, 0.4) is 0 Å². The molecule has 1 aromatic rings. The normalized spacial score (nSPS) is 42.5. The van der Waals surface area contributed by atoms with Crippen LogP contribution in [0.2, 0.25) is 0 Å². The minimum Gasteiger partial charge on any atom is -0.462 e. The number of ether oxygens (including phenoxy) is 2. The molecular weight excluding hydrogens is 338 g/mol. The van der Waals surface area contributed by atoms with Gasteiger partial charge in [-0.05, 0) is 49.0 Å². The summed E-state index contributed by atoms with van der Waals surface area (Å²) >= 11 is 0. The second-order valence-electron chi connectivity index (χ2n) is 9.65. The van der Waals surface area contributed by atoms with E-state index in [1.54, 1.807) is 0 Å². The van der Waals surface area contributed by atoms with E-state index in [4.69, 9.17) is 9.47 Å². The number of benzene rings is 1. The molecule has 2 N–H and O–H groups in total. The molecule has 2 aliphatic heterocycles. The molecule has 2 saturated carbocycles. The van der Waals surface area contributed by atoms with Gasteiger partial charge < -0.3 is 14.8 Å². The average Bonchev–Trinajstić information content (AvgIpc) is 3.36. The Balaban J connectivity index is 1.22. The Labute approximate surface area is 162 Å². The molecule has 0 unspecified atom stereocenters. The highest BCUT2D eigenvalue weighted by molar-refractivity contribution is 5.75. The van der Waals surface area contributed by atoms with Crippen LogP contribution in [-0.2, 0) is 20.7 Å². The number of carbonyl (C=O) groups is 1. The molecule has 2 saturated heterocycles. The number of carbonyl (C=O) groups excluding carboxylic acids is 1. The van der Waals surface area contributed by atoms with Crippen LogP contribution < -0.4 is 5.32 Å². The van der Waals surface area contributed by atoms with E-state index in [-0.39, 0.29) is 23.6 Å². The third kappa shape index (κ3) is 3.11. The Kier molecular flexibility index (Phi) is 4.32. The van der Waals surface area contributed by atoms with E-state index >= 15 is 0 Å². The van der Waals surface area contributed by atoms with Crippen molar-refractivity contribution in [3.05, 3.63) is 35.9 Å². The maximum absolute atomic E-state index is 12.6. The summed E-state index contributed by atoms with van der Waals surface area (Å²) in [5.74, 6) is 1.12. The minimum absolute atomic E-state index is 0.0500. The lowest BCUT2D eigenvalue weighted by atomic mass is 9.53. The van der Waals surface area contributed by atoms with E-state index in [9.17, 15) is 4.79 Å². The fourth-order valence-corrected chi connectivity index (χ4v) is 6.44. The van der Waals surface area contributed by atoms with Gasteiger partial charge in [0.1, 0.15) is 12.0 Å². The van der Waals surface area contributed by atoms with Gasteiger partial charge in [-0.1, -0.05) is 37.3 Å². The summed E-state index contributed by atoms with van der Waals surface area (Å²) < 4.78 is 11.9. The molecule has 1 spiro atoms. The molecule has 5 rings (SSSR count). The predicted octanol–water partition coefficient (Wildman–Crippen LogP) is 2.32. The quantitative estimate of drug-likeness (QED) is 0.492. The molecule has 4 aliphatic rings. The minimum atomic E-state index is 0.0500. The van der Waals surface area contributed by atoms with Gasteiger partial charge >= 0.3 is 5.97 Å². The Morgan fingerprint density at radius 1 is 1.22 bits per heavy atom. The van der Waals surface area contributed by atoms with Gasteiger partial charge in [0.25, 0.3) is 0 Å². The third-order valence-electron chi connectivity index (χ3n) is 7.98. The van der Waals surface area contributed by atoms with Gasteiger partial charge in [0.2, 0.25) is 0 Å². The van der Waals surface area contributed by atoms with Crippen LogP contribution in [0, 0.1) is 23.2 Å². The summed E-state index contributed by atoms with van der Waals surface area (Å²) in [6.45, 7) is 5.25. The van der Waals surface area contributed by atoms with Crippen LogP contribution in [0.15, 0.2) is 30.3 Å². The van der Waals surface area contributed by atoms with E-state index in [1.165, 1.54) is 24.8 Å². The zero-order valence-corrected chi connectivity index (χ0v) is 16.4. The second kappa shape index (κ2) is 6.59. The van der Waals surface area contributed by atoms with Crippen LogP contribution in [0.1, 0.15) is 44.6 Å². The molecular formula is C23H32NO3+. The van der Waals surface area contributed by atoms with Crippen LogP contribution >= 0.6 is 0 Å². The van der Waals surface area contributed by atoms with Crippen molar-refractivity contribution < 1.29 is 19.6 Å². The predicted molar refractivity (Wildman–Crippen MR) is 102 cm³/mol. The Morgan fingerprint density at radius 2 is 2.04 bits per heavy atom. The van der Waals surface area contributed by atoms with Crippen molar-refractivity contribution in [3.8, 4) is 0 Å². The van der Waals surface area contributed by atoms with E-state index < -0.39 is 0 Å². The van der Waals surface area contributed by atoms with Crippen molar-refractivity contribution in [3.63, 3.8) is 0 Å². The molecule has 1 aromatic carbocycles. The van der Waals surface area contributed by atoms with Crippen molar-refractivity contribution in [1.29, 1.82) is 0 Å². The highest BCUT2D eigenvalue weighted by atomic mass is 16.6. The van der Waals surface area contributed by atoms with Gasteiger partial charge in [0.05, 0.1) is 25.3 Å². The summed E-state index contributed by atoms with van der Waals surface area (Å²) in [6.07, 6.45) is 7.08. The first kappa shape index (κ1) is 17.7. The van der Waals surface area contributed by atoms with Crippen molar-refractivity contribution >= 4 is 5.97 Å². The Hall–Kier alpha value is -1.39. The fourth-order valence-electron chi connectivity index (χ4n) is 6.44. The number of nitrogens with two attached hydrogens (primary N) is 1. The van der Waals surface area contributed by atoms with Gasteiger partial charge in [0.15, 0.2) is 0 Å². The molecule has 0 amide bonds. The van der Waals surface area contributed by atoms with Crippen LogP contribution in [0.25, 0.3) is 0 Å². The molecule has 2 aliphatic carbocycles. The molecule has 6 atom stereocenters. The van der Waals surface area contributed by atoms with Crippen LogP contribution in [0.4, 0.5) is 0 Å². The molecule has 146 valence electrons. The smallest absolute Gasteiger partial charge is 0.315 e. The van der Waals surface area contributed by atoms with Gasteiger partial charge in [-0.15, -0.1) is 0 Å². The number of esters is 1. The summed E-state index contributed by atoms with van der Waals surface area (Å²) in [5, 5.41) is 2.32. The zero-order valence-electron chi connectivity index (χ0n) is 16.4. The summed E-state index contributed by atoms with van der Waals surface area (Å²) in [4.78, 5) is 12.6. The topological polar surface area (TPSA) is 55.4 Å². The van der Waals surface area contributed by atoms with E-state index in [1.807, 2.05) is 0 Å². The molecule has 4 heteroatoms. The monoisotopic (exact) mass is 370 g/mol. The van der Waals surface area contributed by atoms with Crippen LogP contribution in [-0.4, -0.2) is 37.4 Å². The maximum Gasteiger partial charge on any atom is 0.315 e. The molecule has 0 radical (unpaired) electrons. The number of rotatable bonds is 5. The maximum atomic E-state index is 12.6. The van der Waals surface area contributed by atoms with Crippen molar-refractivity contribution in [2.75, 3.05) is 19.7 Å². The lowest BCUT2D eigenvalue weighted by Gasteiger charge is -2.51. The molecule has 4 nitrogen and oxygen atoms in total. The van der Waals surface area contributed by atoms with Crippen molar-refractivity contribution in [1.82, 2.24) is 0 Å².